The summed E-state index contributed by atoms with van der Waals surface area (Å²) in [6.45, 7) is 4.11. The average Bonchev–Trinajstić information content (AvgIpc) is 2.65. The van der Waals surface area contributed by atoms with E-state index in [-0.39, 0.29) is 5.91 Å². The molecule has 5 heteroatoms. The second-order valence-corrected chi connectivity index (χ2v) is 5.66. The van der Waals surface area contributed by atoms with Crippen molar-refractivity contribution in [1.82, 2.24) is 0 Å². The first-order valence-electron chi connectivity index (χ1n) is 8.09. The van der Waals surface area contributed by atoms with Crippen molar-refractivity contribution < 1.29 is 19.0 Å². The number of ether oxygens (including phenoxy) is 3. The third kappa shape index (κ3) is 3.31. The fraction of sp³-hybridized carbons (Fsp3) is 0.250. The number of anilines is 2. The van der Waals surface area contributed by atoms with Crippen molar-refractivity contribution in [3.05, 3.63) is 54.6 Å². The summed E-state index contributed by atoms with van der Waals surface area (Å²) in [6, 6.07) is 11.2. The smallest absolute Gasteiger partial charge is 0.231 e. The molecule has 1 heterocycles. The number of hydrogen-bond donors (Lipinski definition) is 0. The van der Waals surface area contributed by atoms with Crippen LogP contribution in [0.4, 0.5) is 11.4 Å². The molecule has 1 aliphatic rings. The number of carbonyl (C=O) groups is 1. The van der Waals surface area contributed by atoms with Crippen LogP contribution in [0.5, 0.6) is 17.2 Å². The number of aryl methyl sites for hydroxylation is 1. The minimum atomic E-state index is 0.0551. The van der Waals surface area contributed by atoms with Crippen molar-refractivity contribution in [3.63, 3.8) is 0 Å². The fourth-order valence-corrected chi connectivity index (χ4v) is 2.96. The van der Waals surface area contributed by atoms with Crippen molar-refractivity contribution in [2.75, 3.05) is 25.7 Å². The highest BCUT2D eigenvalue weighted by molar-refractivity contribution is 6.03. The molecule has 0 radical (unpaired) electrons. The number of fused-ring (bicyclic) bond motifs is 1. The summed E-state index contributed by atoms with van der Waals surface area (Å²) in [5.74, 6) is 2.05. The molecular weight excluding hydrogens is 318 g/mol. The topological polar surface area (TPSA) is 48.0 Å². The molecule has 25 heavy (non-hydrogen) atoms. The molecule has 2 aromatic carbocycles. The Morgan fingerprint density at radius 2 is 1.88 bits per heavy atom. The summed E-state index contributed by atoms with van der Waals surface area (Å²) in [5.41, 5.74) is 2.70. The standard InChI is InChI=1S/C20H21NO4/c1-4-11-25-16-7-8-17-14(12-16)5-10-20(22)21(17)15-6-9-18(23-2)19(13-15)24-3/h4,6-9,12-13H,1,5,10-11H2,2-3H3. The number of rotatable bonds is 6. The molecule has 2 aromatic rings. The number of amides is 1. The molecular formula is C20H21NO4. The van der Waals surface area contributed by atoms with E-state index in [1.165, 1.54) is 0 Å². The molecule has 0 aliphatic carbocycles. The highest BCUT2D eigenvalue weighted by Crippen LogP contribution is 2.39. The molecule has 1 amide bonds. The molecule has 0 atom stereocenters. The van der Waals surface area contributed by atoms with Crippen molar-refractivity contribution in [2.24, 2.45) is 0 Å². The summed E-state index contributed by atoms with van der Waals surface area (Å²) in [6.07, 6.45) is 2.86. The molecule has 0 saturated heterocycles. The Hall–Kier alpha value is -2.95. The lowest BCUT2D eigenvalue weighted by Crippen LogP contribution is -2.30. The first-order chi connectivity index (χ1) is 12.2. The van der Waals surface area contributed by atoms with Gasteiger partial charge in [0.15, 0.2) is 11.5 Å². The van der Waals surface area contributed by atoms with E-state index in [0.717, 1.165) is 22.7 Å². The quantitative estimate of drug-likeness (QED) is 0.750. The summed E-state index contributed by atoms with van der Waals surface area (Å²) >= 11 is 0. The Balaban J connectivity index is 2.00. The van der Waals surface area contributed by atoms with E-state index in [0.29, 0.717) is 30.9 Å². The van der Waals surface area contributed by atoms with Gasteiger partial charge in [0.1, 0.15) is 12.4 Å². The maximum absolute atomic E-state index is 12.6. The fourth-order valence-electron chi connectivity index (χ4n) is 2.96. The molecule has 130 valence electrons. The van der Waals surface area contributed by atoms with Gasteiger partial charge in [-0.3, -0.25) is 9.69 Å². The lowest BCUT2D eigenvalue weighted by atomic mass is 10.00. The molecule has 1 aliphatic heterocycles. The first-order valence-corrected chi connectivity index (χ1v) is 8.09. The Morgan fingerprint density at radius 3 is 2.60 bits per heavy atom. The van der Waals surface area contributed by atoms with Gasteiger partial charge in [-0.25, -0.2) is 0 Å². The Bertz CT molecular complexity index is 800. The van der Waals surface area contributed by atoms with Crippen LogP contribution in [0.15, 0.2) is 49.1 Å². The third-order valence-electron chi connectivity index (χ3n) is 4.14. The molecule has 0 spiro atoms. The van der Waals surface area contributed by atoms with Crippen LogP contribution in [0.25, 0.3) is 0 Å². The first kappa shape index (κ1) is 16.9. The van der Waals surface area contributed by atoms with Gasteiger partial charge in [0.2, 0.25) is 5.91 Å². The van der Waals surface area contributed by atoms with E-state index in [4.69, 9.17) is 14.2 Å². The molecule has 0 fully saturated rings. The summed E-state index contributed by atoms with van der Waals surface area (Å²) in [5, 5.41) is 0. The third-order valence-corrected chi connectivity index (χ3v) is 4.14. The van der Waals surface area contributed by atoms with Gasteiger partial charge < -0.3 is 14.2 Å². The van der Waals surface area contributed by atoms with Crippen LogP contribution >= 0.6 is 0 Å². The Morgan fingerprint density at radius 1 is 1.08 bits per heavy atom. The van der Waals surface area contributed by atoms with Gasteiger partial charge in [0.25, 0.3) is 0 Å². The van der Waals surface area contributed by atoms with E-state index >= 15 is 0 Å². The van der Waals surface area contributed by atoms with Crippen LogP contribution in [0, 0.1) is 0 Å². The van der Waals surface area contributed by atoms with Crippen LogP contribution in [0.2, 0.25) is 0 Å². The minimum Gasteiger partial charge on any atom is -0.493 e. The predicted octanol–water partition coefficient (Wildman–Crippen LogP) is 3.88. The Kier molecular flexibility index (Phi) is 4.93. The van der Waals surface area contributed by atoms with Crippen LogP contribution in [-0.4, -0.2) is 26.7 Å². The Labute approximate surface area is 147 Å². The number of benzene rings is 2. The van der Waals surface area contributed by atoms with Gasteiger partial charge >= 0.3 is 0 Å². The maximum Gasteiger partial charge on any atom is 0.231 e. The highest BCUT2D eigenvalue weighted by Gasteiger charge is 2.26. The van der Waals surface area contributed by atoms with Crippen molar-refractivity contribution in [2.45, 2.75) is 12.8 Å². The van der Waals surface area contributed by atoms with E-state index in [1.807, 2.05) is 30.3 Å². The second kappa shape index (κ2) is 7.30. The summed E-state index contributed by atoms with van der Waals surface area (Å²) < 4.78 is 16.2. The van der Waals surface area contributed by atoms with Gasteiger partial charge in [-0.1, -0.05) is 12.7 Å². The molecule has 3 rings (SSSR count). The monoisotopic (exact) mass is 339 g/mol. The number of methoxy groups -OCH3 is 2. The molecule has 0 bridgehead atoms. The van der Waals surface area contributed by atoms with Gasteiger partial charge in [0.05, 0.1) is 25.6 Å². The predicted molar refractivity (Wildman–Crippen MR) is 97.1 cm³/mol. The van der Waals surface area contributed by atoms with E-state index in [2.05, 4.69) is 6.58 Å². The SMILES string of the molecule is C=CCOc1ccc2c(c1)CCC(=O)N2c1ccc(OC)c(OC)c1. The van der Waals surface area contributed by atoms with Crippen molar-refractivity contribution in [1.29, 1.82) is 0 Å². The van der Waals surface area contributed by atoms with Gasteiger partial charge in [-0.15, -0.1) is 0 Å². The normalized spacial score (nSPS) is 13.2. The molecule has 0 saturated carbocycles. The van der Waals surface area contributed by atoms with E-state index < -0.39 is 0 Å². The van der Waals surface area contributed by atoms with Crippen molar-refractivity contribution in [3.8, 4) is 17.2 Å². The van der Waals surface area contributed by atoms with Crippen LogP contribution in [0.1, 0.15) is 12.0 Å². The zero-order chi connectivity index (χ0) is 17.8. The summed E-state index contributed by atoms with van der Waals surface area (Å²) in [7, 11) is 3.17. The summed E-state index contributed by atoms with van der Waals surface area (Å²) in [4.78, 5) is 14.3. The number of nitrogens with zero attached hydrogens (tertiary/aromatic N) is 1. The van der Waals surface area contributed by atoms with Gasteiger partial charge in [-0.2, -0.15) is 0 Å². The molecule has 5 nitrogen and oxygen atoms in total. The van der Waals surface area contributed by atoms with Crippen LogP contribution in [0.3, 0.4) is 0 Å². The second-order valence-electron chi connectivity index (χ2n) is 5.66. The number of hydrogen-bond acceptors (Lipinski definition) is 4. The number of carbonyl (C=O) groups excluding carboxylic acids is 1. The molecule has 0 aromatic heterocycles. The van der Waals surface area contributed by atoms with E-state index in [9.17, 15) is 4.79 Å². The molecule has 0 unspecified atom stereocenters. The maximum atomic E-state index is 12.6. The molecule has 0 N–H and O–H groups in total. The van der Waals surface area contributed by atoms with E-state index in [1.54, 1.807) is 31.3 Å². The van der Waals surface area contributed by atoms with Gasteiger partial charge in [0, 0.05) is 12.5 Å². The van der Waals surface area contributed by atoms with Crippen molar-refractivity contribution >= 4 is 17.3 Å². The zero-order valence-electron chi connectivity index (χ0n) is 14.5. The zero-order valence-corrected chi connectivity index (χ0v) is 14.5. The average molecular weight is 339 g/mol. The lowest BCUT2D eigenvalue weighted by molar-refractivity contribution is -0.118. The van der Waals surface area contributed by atoms with Gasteiger partial charge in [-0.05, 0) is 42.3 Å². The largest absolute Gasteiger partial charge is 0.493 e. The van der Waals surface area contributed by atoms with Crippen LogP contribution < -0.4 is 19.1 Å². The minimum absolute atomic E-state index is 0.0551. The lowest BCUT2D eigenvalue weighted by Gasteiger charge is -2.30. The highest BCUT2D eigenvalue weighted by atomic mass is 16.5. The van der Waals surface area contributed by atoms with Crippen LogP contribution in [-0.2, 0) is 11.2 Å².